The Morgan fingerprint density at radius 2 is 1.67 bits per heavy atom. The molecule has 1 aliphatic heterocycles. The highest BCUT2D eigenvalue weighted by atomic mass is 16.6. The van der Waals surface area contributed by atoms with Crippen LogP contribution in [0.1, 0.15) is 32.4 Å². The Hall–Kier alpha value is -2.97. The van der Waals surface area contributed by atoms with Crippen molar-refractivity contribution in [3.05, 3.63) is 42.2 Å². The number of hydrogen-bond donors (Lipinski definition) is 0. The van der Waals surface area contributed by atoms with Gasteiger partial charge in [-0.05, 0) is 36.8 Å². The zero-order valence-electron chi connectivity index (χ0n) is 15.8. The molecule has 27 heavy (non-hydrogen) atoms. The third-order valence-corrected chi connectivity index (χ3v) is 4.22. The minimum Gasteiger partial charge on any atom is -0.444 e. The maximum absolute atomic E-state index is 13.2. The zero-order valence-corrected chi connectivity index (χ0v) is 15.8. The number of hydrogen-bond acceptors (Lipinski definition) is 6. The summed E-state index contributed by atoms with van der Waals surface area (Å²) in [7, 11) is 0. The maximum Gasteiger partial charge on any atom is 0.410 e. The lowest BCUT2D eigenvalue weighted by Crippen LogP contribution is -2.53. The van der Waals surface area contributed by atoms with E-state index in [-0.39, 0.29) is 12.0 Å². The lowest BCUT2D eigenvalue weighted by Gasteiger charge is -2.36. The van der Waals surface area contributed by atoms with Gasteiger partial charge in [-0.3, -0.25) is 4.79 Å². The van der Waals surface area contributed by atoms with Crippen molar-refractivity contribution in [3.63, 3.8) is 0 Å². The van der Waals surface area contributed by atoms with Gasteiger partial charge in [0.25, 0.3) is 5.91 Å². The average Bonchev–Trinajstić information content (AvgIpc) is 3.15. The van der Waals surface area contributed by atoms with E-state index in [1.807, 2.05) is 51.1 Å². The second kappa shape index (κ2) is 7.73. The summed E-state index contributed by atoms with van der Waals surface area (Å²) in [4.78, 5) is 28.7. The molecule has 144 valence electrons. The molecule has 0 saturated carbocycles. The average molecular weight is 372 g/mol. The van der Waals surface area contributed by atoms with Gasteiger partial charge in [-0.25, -0.2) is 9.48 Å². The molecular weight excluding hydrogens is 348 g/mol. The molecule has 0 bridgehead atoms. The summed E-state index contributed by atoms with van der Waals surface area (Å²) in [5.41, 5.74) is 0.270. The quantitative estimate of drug-likeness (QED) is 0.807. The summed E-state index contributed by atoms with van der Waals surface area (Å²) < 4.78 is 6.86. The van der Waals surface area contributed by atoms with E-state index >= 15 is 0 Å². The van der Waals surface area contributed by atoms with Crippen LogP contribution in [0.5, 0.6) is 0 Å². The number of piperazine rings is 1. The Bertz CT molecular complexity index is 764. The first kappa shape index (κ1) is 18.8. The molecule has 0 unspecified atom stereocenters. The fourth-order valence-electron chi connectivity index (χ4n) is 2.94. The van der Waals surface area contributed by atoms with Crippen molar-refractivity contribution in [1.29, 1.82) is 0 Å². The third-order valence-electron chi connectivity index (χ3n) is 4.22. The Morgan fingerprint density at radius 3 is 2.22 bits per heavy atom. The van der Waals surface area contributed by atoms with Crippen molar-refractivity contribution in [2.24, 2.45) is 0 Å². The van der Waals surface area contributed by atoms with Crippen LogP contribution in [0.15, 0.2) is 36.7 Å². The van der Waals surface area contributed by atoms with Gasteiger partial charge < -0.3 is 14.5 Å². The number of carbonyl (C=O) groups is 2. The summed E-state index contributed by atoms with van der Waals surface area (Å²) in [6.45, 7) is 7.23. The largest absolute Gasteiger partial charge is 0.444 e. The highest BCUT2D eigenvalue weighted by Gasteiger charge is 2.32. The number of rotatable bonds is 3. The molecule has 1 atom stereocenters. The predicted molar refractivity (Wildman–Crippen MR) is 96.8 cm³/mol. The standard InChI is InChI=1S/C18H24N6O3/c1-18(2,3)27-17(26)23-11-9-22(10-12-23)16(25)15(24-13-19-20-21-24)14-7-5-4-6-8-14/h4-8,13,15H,9-12H2,1-3H3/t15-/m0/s1. The molecule has 1 aromatic heterocycles. The van der Waals surface area contributed by atoms with E-state index in [2.05, 4.69) is 15.5 Å². The first-order valence-electron chi connectivity index (χ1n) is 8.89. The molecular formula is C18H24N6O3. The van der Waals surface area contributed by atoms with E-state index < -0.39 is 11.6 Å². The van der Waals surface area contributed by atoms with Crippen molar-refractivity contribution in [3.8, 4) is 0 Å². The number of carbonyl (C=O) groups excluding carboxylic acids is 2. The van der Waals surface area contributed by atoms with Crippen molar-refractivity contribution < 1.29 is 14.3 Å². The molecule has 1 saturated heterocycles. The molecule has 9 nitrogen and oxygen atoms in total. The molecule has 0 spiro atoms. The molecule has 3 rings (SSSR count). The first-order chi connectivity index (χ1) is 12.8. The fourth-order valence-corrected chi connectivity index (χ4v) is 2.94. The number of amides is 2. The normalized spacial score (nSPS) is 16.1. The molecule has 2 amide bonds. The second-order valence-electron chi connectivity index (χ2n) is 7.40. The van der Waals surface area contributed by atoms with E-state index in [1.54, 1.807) is 9.80 Å². The SMILES string of the molecule is CC(C)(C)OC(=O)N1CCN(C(=O)[C@H](c2ccccc2)n2cnnn2)CC1. The first-order valence-corrected chi connectivity index (χ1v) is 8.89. The molecule has 2 heterocycles. The van der Waals surface area contributed by atoms with Crippen molar-refractivity contribution in [2.45, 2.75) is 32.4 Å². The van der Waals surface area contributed by atoms with Gasteiger partial charge in [-0.1, -0.05) is 30.3 Å². The smallest absolute Gasteiger partial charge is 0.410 e. The molecule has 1 fully saturated rings. The monoisotopic (exact) mass is 372 g/mol. The van der Waals surface area contributed by atoms with E-state index in [4.69, 9.17) is 4.74 Å². The number of tetrazole rings is 1. The minimum absolute atomic E-state index is 0.0997. The molecule has 0 N–H and O–H groups in total. The van der Waals surface area contributed by atoms with Gasteiger partial charge in [0.2, 0.25) is 0 Å². The van der Waals surface area contributed by atoms with E-state index in [0.717, 1.165) is 5.56 Å². The lowest BCUT2D eigenvalue weighted by atomic mass is 10.1. The highest BCUT2D eigenvalue weighted by molar-refractivity contribution is 5.84. The van der Waals surface area contributed by atoms with E-state index in [1.165, 1.54) is 11.0 Å². The summed E-state index contributed by atoms with van der Waals surface area (Å²) in [6, 6.07) is 8.77. The summed E-state index contributed by atoms with van der Waals surface area (Å²) in [5.74, 6) is -0.0997. The van der Waals surface area contributed by atoms with Crippen LogP contribution in [0.3, 0.4) is 0 Å². The van der Waals surface area contributed by atoms with Crippen LogP contribution in [0.25, 0.3) is 0 Å². The van der Waals surface area contributed by atoms with Gasteiger partial charge in [-0.2, -0.15) is 0 Å². The molecule has 2 aromatic rings. The second-order valence-corrected chi connectivity index (χ2v) is 7.40. The Balaban J connectivity index is 1.69. The number of ether oxygens (including phenoxy) is 1. The molecule has 1 aliphatic rings. The van der Waals surface area contributed by atoms with Gasteiger partial charge in [0.1, 0.15) is 11.9 Å². The van der Waals surface area contributed by atoms with Crippen LogP contribution >= 0.6 is 0 Å². The van der Waals surface area contributed by atoms with Gasteiger partial charge in [0, 0.05) is 26.2 Å². The number of aromatic nitrogens is 4. The number of nitrogens with zero attached hydrogens (tertiary/aromatic N) is 6. The van der Waals surface area contributed by atoms with Crippen LogP contribution in [0, 0.1) is 0 Å². The van der Waals surface area contributed by atoms with Crippen LogP contribution in [0.4, 0.5) is 4.79 Å². The summed E-state index contributed by atoms with van der Waals surface area (Å²) >= 11 is 0. The maximum atomic E-state index is 13.2. The number of benzene rings is 1. The molecule has 1 aromatic carbocycles. The fraction of sp³-hybridized carbons (Fsp3) is 0.500. The lowest BCUT2D eigenvalue weighted by molar-refractivity contribution is -0.135. The van der Waals surface area contributed by atoms with Crippen LogP contribution in [0.2, 0.25) is 0 Å². The Labute approximate surface area is 157 Å². The zero-order chi connectivity index (χ0) is 19.4. The summed E-state index contributed by atoms with van der Waals surface area (Å²) in [5, 5.41) is 11.2. The predicted octanol–water partition coefficient (Wildman–Crippen LogP) is 1.34. The van der Waals surface area contributed by atoms with Gasteiger partial charge in [0.15, 0.2) is 6.04 Å². The Morgan fingerprint density at radius 1 is 1.04 bits per heavy atom. The van der Waals surface area contributed by atoms with Crippen molar-refractivity contribution >= 4 is 12.0 Å². The third kappa shape index (κ3) is 4.60. The molecule has 9 heteroatoms. The van der Waals surface area contributed by atoms with E-state index in [0.29, 0.717) is 26.2 Å². The van der Waals surface area contributed by atoms with Crippen molar-refractivity contribution in [2.75, 3.05) is 26.2 Å². The molecule has 0 aliphatic carbocycles. The molecule has 0 radical (unpaired) electrons. The Kier molecular flexibility index (Phi) is 5.38. The topological polar surface area (TPSA) is 93.5 Å². The minimum atomic E-state index is -0.630. The van der Waals surface area contributed by atoms with Gasteiger partial charge in [-0.15, -0.1) is 5.10 Å². The summed E-state index contributed by atoms with van der Waals surface area (Å²) in [6.07, 6.45) is 1.08. The highest BCUT2D eigenvalue weighted by Crippen LogP contribution is 2.21. The van der Waals surface area contributed by atoms with Crippen LogP contribution < -0.4 is 0 Å². The van der Waals surface area contributed by atoms with Crippen LogP contribution in [-0.4, -0.2) is 73.8 Å². The van der Waals surface area contributed by atoms with Crippen molar-refractivity contribution in [1.82, 2.24) is 30.0 Å². The van der Waals surface area contributed by atoms with Crippen LogP contribution in [-0.2, 0) is 9.53 Å². The van der Waals surface area contributed by atoms with Gasteiger partial charge >= 0.3 is 6.09 Å². The van der Waals surface area contributed by atoms with E-state index in [9.17, 15) is 9.59 Å². The van der Waals surface area contributed by atoms with Gasteiger partial charge in [0.05, 0.1) is 0 Å².